The van der Waals surface area contributed by atoms with E-state index in [1.807, 2.05) is 12.1 Å². The monoisotopic (exact) mass is 820 g/mol. The molecule has 0 aliphatic carbocycles. The van der Waals surface area contributed by atoms with Crippen molar-refractivity contribution in [2.75, 3.05) is 0 Å². The molecule has 0 aliphatic heterocycles. The van der Waals surface area contributed by atoms with Crippen molar-refractivity contribution in [1.29, 1.82) is 0 Å². The molecule has 0 saturated heterocycles. The van der Waals surface area contributed by atoms with E-state index in [0.717, 1.165) is 11.2 Å². The van der Waals surface area contributed by atoms with Crippen molar-refractivity contribution in [1.82, 2.24) is 0 Å². The molecule has 0 amide bonds. The average molecular weight is 821 g/mol. The Hall–Kier alpha value is -6.70. The van der Waals surface area contributed by atoms with Gasteiger partial charge in [-0.3, -0.25) is 0 Å². The fourth-order valence-electron chi connectivity index (χ4n) is 8.52. The fraction of sp³-hybridized carbons (Fsp3) is 0.194. The third-order valence-corrected chi connectivity index (χ3v) is 12.1. The Morgan fingerprint density at radius 1 is 0.286 bits per heavy atom. The summed E-state index contributed by atoms with van der Waals surface area (Å²) in [7, 11) is 0. The molecule has 0 aliphatic rings. The van der Waals surface area contributed by atoms with Gasteiger partial charge in [0.1, 0.15) is 11.2 Å². The van der Waals surface area contributed by atoms with E-state index in [0.29, 0.717) is 0 Å². The molecule has 10 aromatic rings. The highest BCUT2D eigenvalue weighted by Gasteiger charge is 2.19. The van der Waals surface area contributed by atoms with Crippen LogP contribution in [-0.2, 0) is 16.2 Å². The molecule has 1 heterocycles. The minimum absolute atomic E-state index is 0.162. The first kappa shape index (κ1) is 43.0. The summed E-state index contributed by atoms with van der Waals surface area (Å²) >= 11 is 0. The van der Waals surface area contributed by atoms with Crippen molar-refractivity contribution >= 4 is 43.5 Å². The van der Waals surface area contributed by atoms with Gasteiger partial charge in [-0.25, -0.2) is 0 Å². The highest BCUT2D eigenvalue weighted by Crippen LogP contribution is 2.37. The third kappa shape index (κ3) is 9.54. The van der Waals surface area contributed by atoms with E-state index in [1.165, 1.54) is 82.4 Å². The van der Waals surface area contributed by atoms with E-state index in [1.54, 1.807) is 0 Å². The highest BCUT2D eigenvalue weighted by atomic mass is 16.3. The Bertz CT molecular complexity index is 3140. The van der Waals surface area contributed by atoms with Crippen LogP contribution in [0.15, 0.2) is 205 Å². The molecule has 0 radical (unpaired) electrons. The van der Waals surface area contributed by atoms with Gasteiger partial charge in [0, 0.05) is 10.8 Å². The minimum Gasteiger partial charge on any atom is -0.456 e. The number of benzene rings is 9. The number of hydrogen-bond donors (Lipinski definition) is 0. The maximum Gasteiger partial charge on any atom is 0.136 e. The summed E-state index contributed by atoms with van der Waals surface area (Å²) in [6.07, 6.45) is 0. The molecule has 0 unspecified atom stereocenters. The van der Waals surface area contributed by atoms with Crippen molar-refractivity contribution in [2.45, 2.75) is 78.6 Å². The summed E-state index contributed by atoms with van der Waals surface area (Å²) in [5, 5.41) is 7.67. The molecule has 1 heteroatoms. The summed E-state index contributed by atoms with van der Waals surface area (Å²) < 4.78 is 5.99. The molecule has 63 heavy (non-hydrogen) atoms. The Labute approximate surface area is 375 Å². The lowest BCUT2D eigenvalue weighted by atomic mass is 9.82. The molecule has 10 rings (SSSR count). The maximum absolute atomic E-state index is 5.99. The smallest absolute Gasteiger partial charge is 0.136 e. The molecule has 0 atom stereocenters. The number of hydrogen-bond acceptors (Lipinski definition) is 1. The van der Waals surface area contributed by atoms with E-state index in [4.69, 9.17) is 4.42 Å². The lowest BCUT2D eigenvalue weighted by Crippen LogP contribution is -2.11. The van der Waals surface area contributed by atoms with Crippen LogP contribution < -0.4 is 0 Å². The largest absolute Gasteiger partial charge is 0.456 e. The Morgan fingerprint density at radius 2 is 0.825 bits per heavy atom. The van der Waals surface area contributed by atoms with Gasteiger partial charge in [-0.15, -0.1) is 0 Å². The van der Waals surface area contributed by atoms with Crippen LogP contribution in [-0.4, -0.2) is 0 Å². The molecule has 0 saturated carbocycles. The first-order valence-corrected chi connectivity index (χ1v) is 22.3. The highest BCUT2D eigenvalue weighted by molar-refractivity contribution is 6.06. The molecule has 0 N–H and O–H groups in total. The van der Waals surface area contributed by atoms with Gasteiger partial charge in [0.2, 0.25) is 0 Å². The summed E-state index contributed by atoms with van der Waals surface area (Å²) in [5.74, 6) is 0. The predicted octanol–water partition coefficient (Wildman–Crippen LogP) is 18.2. The zero-order chi connectivity index (χ0) is 44.4. The van der Waals surface area contributed by atoms with Gasteiger partial charge in [-0.2, -0.15) is 0 Å². The second kappa shape index (κ2) is 17.6. The van der Waals surface area contributed by atoms with Gasteiger partial charge in [-0.1, -0.05) is 244 Å². The lowest BCUT2D eigenvalue weighted by Gasteiger charge is -2.22. The molecular formula is C62H60O. The Morgan fingerprint density at radius 3 is 1.52 bits per heavy atom. The second-order valence-electron chi connectivity index (χ2n) is 19.8. The van der Waals surface area contributed by atoms with Crippen molar-refractivity contribution < 1.29 is 4.42 Å². The van der Waals surface area contributed by atoms with E-state index in [-0.39, 0.29) is 16.2 Å². The van der Waals surface area contributed by atoms with E-state index >= 15 is 0 Å². The zero-order valence-electron chi connectivity index (χ0n) is 38.5. The van der Waals surface area contributed by atoms with Crippen molar-refractivity contribution in [3.8, 4) is 33.4 Å². The molecule has 9 aromatic carbocycles. The molecule has 0 fully saturated rings. The van der Waals surface area contributed by atoms with Crippen LogP contribution in [0.3, 0.4) is 0 Å². The van der Waals surface area contributed by atoms with E-state index in [9.17, 15) is 0 Å². The van der Waals surface area contributed by atoms with Crippen LogP contribution in [0, 0.1) is 0 Å². The first-order valence-electron chi connectivity index (χ1n) is 22.3. The summed E-state index contributed by atoms with van der Waals surface area (Å²) in [5.41, 5.74) is 14.2. The SMILES string of the molecule is CC(C)(C)c1ccc(-c2ccc3c(c2)oc2ccccc23)cc1.CC(C)(C)c1ccc(-c2ccccc2)c2ccccc12.CC(C)(C)c1cccc(-c2cccc3ccccc23)c1. The van der Waals surface area contributed by atoms with E-state index < -0.39 is 0 Å². The Balaban J connectivity index is 0.000000130. The number of para-hydroxylation sites is 1. The summed E-state index contributed by atoms with van der Waals surface area (Å²) in [6, 6.07) is 71.4. The molecular weight excluding hydrogens is 761 g/mol. The third-order valence-electron chi connectivity index (χ3n) is 12.1. The number of furan rings is 1. The van der Waals surface area contributed by atoms with Crippen molar-refractivity contribution in [2.24, 2.45) is 0 Å². The van der Waals surface area contributed by atoms with Crippen LogP contribution in [0.4, 0.5) is 0 Å². The minimum atomic E-state index is 0.162. The average Bonchev–Trinajstić information content (AvgIpc) is 3.66. The van der Waals surface area contributed by atoms with Crippen LogP contribution in [0.2, 0.25) is 0 Å². The van der Waals surface area contributed by atoms with Crippen LogP contribution in [0.5, 0.6) is 0 Å². The molecule has 1 aromatic heterocycles. The van der Waals surface area contributed by atoms with Gasteiger partial charge < -0.3 is 4.42 Å². The second-order valence-corrected chi connectivity index (χ2v) is 19.8. The zero-order valence-corrected chi connectivity index (χ0v) is 38.5. The quantitative estimate of drug-likeness (QED) is 0.173. The van der Waals surface area contributed by atoms with Crippen LogP contribution >= 0.6 is 0 Å². The van der Waals surface area contributed by atoms with Gasteiger partial charge in [0.15, 0.2) is 0 Å². The Kier molecular flexibility index (Phi) is 12.0. The molecule has 314 valence electrons. The van der Waals surface area contributed by atoms with Crippen LogP contribution in [0.1, 0.15) is 79.0 Å². The summed E-state index contributed by atoms with van der Waals surface area (Å²) in [4.78, 5) is 0. The molecule has 0 spiro atoms. The number of fused-ring (bicyclic) bond motifs is 5. The molecule has 0 bridgehead atoms. The van der Waals surface area contributed by atoms with Gasteiger partial charge in [0.25, 0.3) is 0 Å². The normalized spacial score (nSPS) is 11.9. The van der Waals surface area contributed by atoms with Crippen LogP contribution in [0.25, 0.3) is 76.9 Å². The topological polar surface area (TPSA) is 13.1 Å². The fourth-order valence-corrected chi connectivity index (χ4v) is 8.52. The number of rotatable bonds is 3. The summed E-state index contributed by atoms with van der Waals surface area (Å²) in [6.45, 7) is 20.3. The van der Waals surface area contributed by atoms with Crippen molar-refractivity contribution in [3.05, 3.63) is 217 Å². The van der Waals surface area contributed by atoms with Gasteiger partial charge in [0.05, 0.1) is 0 Å². The predicted molar refractivity (Wildman–Crippen MR) is 274 cm³/mol. The standard InChI is InChI=1S/C22H20O.2C20H20/c1-22(2,3)17-11-8-15(9-12-17)16-10-13-19-18-6-4-5-7-20(18)23-21(19)14-16;1-20(2,3)17-11-6-10-16(14-17)19-13-7-9-15-8-4-5-12-18(15)19;1-20(2,3)19-14-13-16(15-9-5-4-6-10-15)17-11-7-8-12-18(17)19/h4-14H,1-3H3;2*4-14H,1-3H3. The van der Waals surface area contributed by atoms with Gasteiger partial charge >= 0.3 is 0 Å². The maximum atomic E-state index is 5.99. The molecule has 1 nitrogen and oxygen atoms in total. The van der Waals surface area contributed by atoms with Crippen molar-refractivity contribution in [3.63, 3.8) is 0 Å². The lowest BCUT2D eigenvalue weighted by molar-refractivity contribution is 0.590. The first-order chi connectivity index (χ1) is 30.1. The van der Waals surface area contributed by atoms with E-state index in [2.05, 4.69) is 250 Å². The van der Waals surface area contributed by atoms with Gasteiger partial charge in [-0.05, 0) is 106 Å².